The zero-order valence-electron chi connectivity index (χ0n) is 8.73. The number of ether oxygens (including phenoxy) is 2. The SMILES string of the molecule is COC(=O)c1cccc(OCCC(=O)Cl)c1. The Hall–Kier alpha value is -1.55. The summed E-state index contributed by atoms with van der Waals surface area (Å²) < 4.78 is 9.80. The molecule has 1 aromatic rings. The third-order valence-electron chi connectivity index (χ3n) is 1.82. The van der Waals surface area contributed by atoms with Crippen molar-refractivity contribution in [1.82, 2.24) is 0 Å². The lowest BCUT2D eigenvalue weighted by Gasteiger charge is -2.05. The molecule has 0 saturated carbocycles. The van der Waals surface area contributed by atoms with Crippen LogP contribution in [0.1, 0.15) is 16.8 Å². The maximum Gasteiger partial charge on any atom is 0.337 e. The Kier molecular flexibility index (Phi) is 4.79. The van der Waals surface area contributed by atoms with Gasteiger partial charge in [0.15, 0.2) is 0 Å². The second-order valence-electron chi connectivity index (χ2n) is 2.97. The van der Waals surface area contributed by atoms with Gasteiger partial charge in [0.05, 0.1) is 25.7 Å². The van der Waals surface area contributed by atoms with E-state index < -0.39 is 11.2 Å². The first-order valence-electron chi connectivity index (χ1n) is 4.63. The van der Waals surface area contributed by atoms with E-state index in [1.54, 1.807) is 24.3 Å². The number of esters is 1. The van der Waals surface area contributed by atoms with Gasteiger partial charge in [-0.3, -0.25) is 4.79 Å². The van der Waals surface area contributed by atoms with Gasteiger partial charge in [-0.25, -0.2) is 4.79 Å². The van der Waals surface area contributed by atoms with E-state index in [1.807, 2.05) is 0 Å². The van der Waals surface area contributed by atoms with Gasteiger partial charge >= 0.3 is 5.97 Å². The number of carbonyl (C=O) groups excluding carboxylic acids is 2. The molecular formula is C11H11ClO4. The number of methoxy groups -OCH3 is 1. The molecule has 0 saturated heterocycles. The number of hydrogen-bond donors (Lipinski definition) is 0. The highest BCUT2D eigenvalue weighted by Crippen LogP contribution is 2.14. The van der Waals surface area contributed by atoms with Crippen molar-refractivity contribution in [2.75, 3.05) is 13.7 Å². The third-order valence-corrected chi connectivity index (χ3v) is 2.01. The van der Waals surface area contributed by atoms with E-state index in [-0.39, 0.29) is 13.0 Å². The van der Waals surface area contributed by atoms with Gasteiger partial charge in [0.2, 0.25) is 5.24 Å². The normalized spacial score (nSPS) is 9.62. The van der Waals surface area contributed by atoms with Gasteiger partial charge in [-0.15, -0.1) is 0 Å². The molecule has 0 fully saturated rings. The standard InChI is InChI=1S/C11H11ClO4/c1-15-11(14)8-3-2-4-9(7-8)16-6-5-10(12)13/h2-4,7H,5-6H2,1H3. The Morgan fingerprint density at radius 1 is 1.38 bits per heavy atom. The molecule has 1 rings (SSSR count). The van der Waals surface area contributed by atoms with Gasteiger partial charge in [0.25, 0.3) is 0 Å². The zero-order valence-corrected chi connectivity index (χ0v) is 9.49. The number of benzene rings is 1. The molecule has 0 radical (unpaired) electrons. The Bertz CT molecular complexity index is 389. The van der Waals surface area contributed by atoms with Gasteiger partial charge in [0, 0.05) is 0 Å². The first-order chi connectivity index (χ1) is 7.63. The van der Waals surface area contributed by atoms with E-state index in [0.717, 1.165) is 0 Å². The lowest BCUT2D eigenvalue weighted by molar-refractivity contribution is -0.112. The van der Waals surface area contributed by atoms with E-state index in [0.29, 0.717) is 11.3 Å². The van der Waals surface area contributed by atoms with E-state index in [4.69, 9.17) is 16.3 Å². The number of hydrogen-bond acceptors (Lipinski definition) is 4. The summed E-state index contributed by atoms with van der Waals surface area (Å²) in [4.78, 5) is 21.7. The van der Waals surface area contributed by atoms with Gasteiger partial charge in [0.1, 0.15) is 5.75 Å². The summed E-state index contributed by atoms with van der Waals surface area (Å²) >= 11 is 5.16. The van der Waals surface area contributed by atoms with Gasteiger partial charge in [-0.05, 0) is 29.8 Å². The van der Waals surface area contributed by atoms with Crippen LogP contribution in [0.5, 0.6) is 5.75 Å². The number of carbonyl (C=O) groups is 2. The second kappa shape index (κ2) is 6.12. The molecule has 0 N–H and O–H groups in total. The van der Waals surface area contributed by atoms with Crippen LogP contribution in [0.25, 0.3) is 0 Å². The molecule has 0 heterocycles. The predicted molar refractivity (Wildman–Crippen MR) is 58.8 cm³/mol. The quantitative estimate of drug-likeness (QED) is 0.585. The van der Waals surface area contributed by atoms with E-state index >= 15 is 0 Å². The molecule has 0 aliphatic heterocycles. The Morgan fingerprint density at radius 3 is 2.75 bits per heavy atom. The predicted octanol–water partition coefficient (Wildman–Crippen LogP) is 2.01. The molecule has 0 aliphatic rings. The molecule has 0 unspecified atom stereocenters. The molecule has 0 atom stereocenters. The summed E-state index contributed by atoms with van der Waals surface area (Å²) in [5.41, 5.74) is 0.400. The minimum atomic E-state index is -0.455. The molecule has 0 amide bonds. The van der Waals surface area contributed by atoms with Crippen molar-refractivity contribution in [2.45, 2.75) is 6.42 Å². The molecule has 0 spiro atoms. The fraction of sp³-hybridized carbons (Fsp3) is 0.273. The van der Waals surface area contributed by atoms with Crippen LogP contribution >= 0.6 is 11.6 Å². The number of rotatable bonds is 5. The average molecular weight is 243 g/mol. The van der Waals surface area contributed by atoms with Crippen molar-refractivity contribution < 1.29 is 19.1 Å². The highest BCUT2D eigenvalue weighted by Gasteiger charge is 2.06. The van der Waals surface area contributed by atoms with Crippen molar-refractivity contribution >= 4 is 22.8 Å². The Balaban J connectivity index is 2.60. The second-order valence-corrected chi connectivity index (χ2v) is 3.39. The Morgan fingerprint density at radius 2 is 2.12 bits per heavy atom. The minimum Gasteiger partial charge on any atom is -0.493 e. The summed E-state index contributed by atoms with van der Waals surface area (Å²) in [6.07, 6.45) is 0.129. The smallest absolute Gasteiger partial charge is 0.337 e. The Labute approximate surface area is 98.1 Å². The summed E-state index contributed by atoms with van der Waals surface area (Å²) in [6.45, 7) is 0.187. The monoisotopic (exact) mass is 242 g/mol. The van der Waals surface area contributed by atoms with Crippen molar-refractivity contribution in [2.24, 2.45) is 0 Å². The van der Waals surface area contributed by atoms with Gasteiger partial charge in [-0.2, -0.15) is 0 Å². The highest BCUT2D eigenvalue weighted by molar-refractivity contribution is 6.63. The van der Waals surface area contributed by atoms with Crippen LogP contribution in [0.3, 0.4) is 0 Å². The lowest BCUT2D eigenvalue weighted by Crippen LogP contribution is -2.04. The van der Waals surface area contributed by atoms with Gasteiger partial charge < -0.3 is 9.47 Å². The van der Waals surface area contributed by atoms with Crippen LogP contribution < -0.4 is 4.74 Å². The summed E-state index contributed by atoms with van der Waals surface area (Å²) in [7, 11) is 1.31. The van der Waals surface area contributed by atoms with Crippen molar-refractivity contribution in [3.63, 3.8) is 0 Å². The first kappa shape index (κ1) is 12.5. The lowest BCUT2D eigenvalue weighted by atomic mass is 10.2. The van der Waals surface area contributed by atoms with Crippen LogP contribution in [0.15, 0.2) is 24.3 Å². The van der Waals surface area contributed by atoms with Crippen molar-refractivity contribution in [1.29, 1.82) is 0 Å². The van der Waals surface area contributed by atoms with Crippen LogP contribution in [0.2, 0.25) is 0 Å². The fourth-order valence-corrected chi connectivity index (χ4v) is 1.16. The van der Waals surface area contributed by atoms with Crippen molar-refractivity contribution in [3.8, 4) is 5.75 Å². The van der Waals surface area contributed by atoms with Crippen LogP contribution in [0, 0.1) is 0 Å². The molecule has 0 bridgehead atoms. The summed E-state index contributed by atoms with van der Waals surface area (Å²) in [6, 6.07) is 6.52. The highest BCUT2D eigenvalue weighted by atomic mass is 35.5. The fourth-order valence-electron chi connectivity index (χ4n) is 1.08. The first-order valence-corrected chi connectivity index (χ1v) is 5.01. The molecule has 16 heavy (non-hydrogen) atoms. The molecule has 4 nitrogen and oxygen atoms in total. The topological polar surface area (TPSA) is 52.6 Å². The largest absolute Gasteiger partial charge is 0.493 e. The third kappa shape index (κ3) is 3.90. The van der Waals surface area contributed by atoms with Crippen LogP contribution in [0.4, 0.5) is 0 Å². The van der Waals surface area contributed by atoms with E-state index in [2.05, 4.69) is 4.74 Å². The van der Waals surface area contributed by atoms with Gasteiger partial charge in [-0.1, -0.05) is 6.07 Å². The molecule has 1 aromatic carbocycles. The number of halogens is 1. The molecule has 5 heteroatoms. The van der Waals surface area contributed by atoms with E-state index in [9.17, 15) is 9.59 Å². The summed E-state index contributed by atoms with van der Waals surface area (Å²) in [5.74, 6) is 0.0692. The summed E-state index contributed by atoms with van der Waals surface area (Å²) in [5, 5.41) is -0.455. The average Bonchev–Trinajstić information content (AvgIpc) is 2.28. The van der Waals surface area contributed by atoms with Crippen LogP contribution in [-0.2, 0) is 9.53 Å². The maximum atomic E-state index is 11.2. The maximum absolute atomic E-state index is 11.2. The molecule has 0 aromatic heterocycles. The van der Waals surface area contributed by atoms with E-state index in [1.165, 1.54) is 7.11 Å². The molecule has 0 aliphatic carbocycles. The van der Waals surface area contributed by atoms with Crippen molar-refractivity contribution in [3.05, 3.63) is 29.8 Å². The zero-order chi connectivity index (χ0) is 12.0. The molecular weight excluding hydrogens is 232 g/mol. The van der Waals surface area contributed by atoms with Crippen LogP contribution in [-0.4, -0.2) is 24.9 Å². The minimum absolute atomic E-state index is 0.129. The molecule has 86 valence electrons.